The van der Waals surface area contributed by atoms with Crippen LogP contribution >= 0.6 is 0 Å². The van der Waals surface area contributed by atoms with Gasteiger partial charge in [0.25, 0.3) is 0 Å². The highest BCUT2D eigenvalue weighted by molar-refractivity contribution is 5.07. The second-order valence-electron chi connectivity index (χ2n) is 10.4. The summed E-state index contributed by atoms with van der Waals surface area (Å²) < 4.78 is 6.36. The highest BCUT2D eigenvalue weighted by Crippen LogP contribution is 2.22. The summed E-state index contributed by atoms with van der Waals surface area (Å²) in [6, 6.07) is 0. The number of hydrogen-bond donors (Lipinski definition) is 0. The molecule has 1 aliphatic rings. The van der Waals surface area contributed by atoms with Gasteiger partial charge >= 0.3 is 0 Å². The van der Waals surface area contributed by atoms with Crippen LogP contribution in [0.5, 0.6) is 0 Å². The van der Waals surface area contributed by atoms with E-state index in [9.17, 15) is 0 Å². The minimum Gasteiger partial charge on any atom is -0.362 e. The third kappa shape index (κ3) is 14.6. The molecule has 0 aromatic heterocycles. The van der Waals surface area contributed by atoms with E-state index in [0.29, 0.717) is 12.0 Å². The van der Waals surface area contributed by atoms with Gasteiger partial charge in [0.1, 0.15) is 6.10 Å². The van der Waals surface area contributed by atoms with E-state index in [1.54, 1.807) is 0 Å². The summed E-state index contributed by atoms with van der Waals surface area (Å²) in [4.78, 5) is 2.72. The van der Waals surface area contributed by atoms with Crippen molar-refractivity contribution in [3.05, 3.63) is 0 Å². The molecule has 0 aromatic carbocycles. The van der Waals surface area contributed by atoms with Crippen molar-refractivity contribution in [1.29, 1.82) is 0 Å². The highest BCUT2D eigenvalue weighted by atomic mass is 16.5. The minimum atomic E-state index is 0.0768. The van der Waals surface area contributed by atoms with E-state index in [2.05, 4.69) is 51.4 Å². The lowest BCUT2D eigenvalue weighted by atomic mass is 9.93. The van der Waals surface area contributed by atoms with Crippen molar-refractivity contribution >= 4 is 0 Å². The van der Waals surface area contributed by atoms with Crippen molar-refractivity contribution in [3.63, 3.8) is 0 Å². The number of likely N-dealkylation sites (tertiary alicyclic amines) is 1. The van der Waals surface area contributed by atoms with Gasteiger partial charge in [-0.05, 0) is 51.4 Å². The molecule has 0 aliphatic carbocycles. The van der Waals surface area contributed by atoms with Crippen LogP contribution in [-0.2, 0) is 4.74 Å². The zero-order chi connectivity index (χ0) is 23.4. The molecular weight excluding hydrogens is 390 g/mol. The predicted molar refractivity (Wildman–Crippen MR) is 142 cm³/mol. The van der Waals surface area contributed by atoms with Crippen LogP contribution in [-0.4, -0.2) is 36.7 Å². The Morgan fingerprint density at radius 3 is 2.00 bits per heavy atom. The summed E-state index contributed by atoms with van der Waals surface area (Å²) in [5.41, 5.74) is 0. The fourth-order valence-corrected chi connectivity index (χ4v) is 5.11. The van der Waals surface area contributed by atoms with E-state index in [0.717, 1.165) is 5.92 Å². The Balaban J connectivity index is 2.37. The van der Waals surface area contributed by atoms with Crippen LogP contribution in [0.3, 0.4) is 0 Å². The van der Waals surface area contributed by atoms with E-state index < -0.39 is 0 Å². The predicted octanol–water partition coefficient (Wildman–Crippen LogP) is 8.63. The van der Waals surface area contributed by atoms with Crippen molar-refractivity contribution in [2.24, 2.45) is 11.8 Å². The van der Waals surface area contributed by atoms with Gasteiger partial charge < -0.3 is 9.64 Å². The van der Waals surface area contributed by atoms with E-state index >= 15 is 0 Å². The summed E-state index contributed by atoms with van der Waals surface area (Å²) in [7, 11) is 0. The molecule has 2 heteroatoms. The number of piperidine rings is 1. The lowest BCUT2D eigenvalue weighted by Crippen LogP contribution is -2.40. The Morgan fingerprint density at radius 2 is 1.34 bits per heavy atom. The summed E-state index contributed by atoms with van der Waals surface area (Å²) in [6.07, 6.45) is 21.7. The molecule has 2 nitrogen and oxygen atoms in total. The summed E-state index contributed by atoms with van der Waals surface area (Å²) in [5.74, 6) is 8.49. The Bertz CT molecular complexity index is 471. The first-order valence-electron chi connectivity index (χ1n) is 14.5. The van der Waals surface area contributed by atoms with Crippen LogP contribution in [0.1, 0.15) is 137 Å². The van der Waals surface area contributed by atoms with E-state index in [1.165, 1.54) is 122 Å². The largest absolute Gasteiger partial charge is 0.362 e. The Morgan fingerprint density at radius 1 is 0.719 bits per heavy atom. The SMILES string of the molecule is CCCCCCC(CCCC)CN1CCC(O[C@H](C)C#CC(CCC)CCCCC)CC1. The lowest BCUT2D eigenvalue weighted by molar-refractivity contribution is -0.0146. The van der Waals surface area contributed by atoms with Gasteiger partial charge in [0.2, 0.25) is 0 Å². The maximum atomic E-state index is 6.36. The molecule has 188 valence electrons. The summed E-state index contributed by atoms with van der Waals surface area (Å²) >= 11 is 0. The molecular formula is C30H57NO. The Kier molecular flexibility index (Phi) is 18.4. The molecule has 1 rings (SSSR count). The van der Waals surface area contributed by atoms with Gasteiger partial charge in [-0.25, -0.2) is 0 Å². The van der Waals surface area contributed by atoms with Gasteiger partial charge in [-0.3, -0.25) is 0 Å². The Hall–Kier alpha value is -0.520. The van der Waals surface area contributed by atoms with Gasteiger partial charge in [0.15, 0.2) is 0 Å². The first kappa shape index (κ1) is 29.5. The fourth-order valence-electron chi connectivity index (χ4n) is 5.11. The second kappa shape index (κ2) is 19.9. The van der Waals surface area contributed by atoms with Gasteiger partial charge in [0.05, 0.1) is 6.10 Å². The number of hydrogen-bond acceptors (Lipinski definition) is 2. The smallest absolute Gasteiger partial charge is 0.115 e. The molecule has 0 spiro atoms. The van der Waals surface area contributed by atoms with Crippen molar-refractivity contribution in [2.75, 3.05) is 19.6 Å². The number of unbranched alkanes of at least 4 members (excludes halogenated alkanes) is 6. The maximum absolute atomic E-state index is 6.36. The Labute approximate surface area is 202 Å². The number of rotatable bonds is 18. The summed E-state index contributed by atoms with van der Waals surface area (Å²) in [5, 5.41) is 0. The van der Waals surface area contributed by atoms with Crippen LogP contribution < -0.4 is 0 Å². The first-order valence-corrected chi connectivity index (χ1v) is 14.5. The van der Waals surface area contributed by atoms with Crippen LogP contribution in [0.4, 0.5) is 0 Å². The van der Waals surface area contributed by atoms with Crippen LogP contribution in [0, 0.1) is 23.7 Å². The van der Waals surface area contributed by atoms with Crippen LogP contribution in [0.2, 0.25) is 0 Å². The molecule has 1 heterocycles. The molecule has 0 bridgehead atoms. The average molecular weight is 448 g/mol. The molecule has 0 N–H and O–H groups in total. The second-order valence-corrected chi connectivity index (χ2v) is 10.4. The monoisotopic (exact) mass is 447 g/mol. The highest BCUT2D eigenvalue weighted by Gasteiger charge is 2.23. The standard InChI is InChI=1S/C30H57NO/c1-6-10-13-15-19-29(17-12-8-3)26-31-24-22-30(23-25-31)32-27(5)20-21-28(16-9-4)18-14-11-7-2/h27-30H,6-19,22-26H2,1-5H3/t27-,28?,29?/m1/s1. The molecule has 0 saturated carbocycles. The molecule has 0 amide bonds. The molecule has 1 aliphatic heterocycles. The quantitative estimate of drug-likeness (QED) is 0.154. The lowest BCUT2D eigenvalue weighted by Gasteiger charge is -2.35. The fraction of sp³-hybridized carbons (Fsp3) is 0.933. The van der Waals surface area contributed by atoms with Crippen LogP contribution in [0.25, 0.3) is 0 Å². The van der Waals surface area contributed by atoms with Crippen molar-refractivity contribution in [2.45, 2.75) is 150 Å². The molecule has 32 heavy (non-hydrogen) atoms. The number of ether oxygens (including phenoxy) is 1. The topological polar surface area (TPSA) is 12.5 Å². The maximum Gasteiger partial charge on any atom is 0.115 e. The van der Waals surface area contributed by atoms with Gasteiger partial charge in [-0.1, -0.05) is 104 Å². The molecule has 1 saturated heterocycles. The zero-order valence-corrected chi connectivity index (χ0v) is 22.6. The van der Waals surface area contributed by atoms with E-state index in [-0.39, 0.29) is 6.10 Å². The van der Waals surface area contributed by atoms with Crippen molar-refractivity contribution < 1.29 is 4.74 Å². The van der Waals surface area contributed by atoms with E-state index in [1.807, 2.05) is 0 Å². The third-order valence-electron chi connectivity index (χ3n) is 7.16. The van der Waals surface area contributed by atoms with E-state index in [4.69, 9.17) is 4.74 Å². The molecule has 2 unspecified atom stereocenters. The molecule has 0 aromatic rings. The molecule has 0 radical (unpaired) electrons. The van der Waals surface area contributed by atoms with Crippen molar-refractivity contribution in [3.8, 4) is 11.8 Å². The first-order chi connectivity index (χ1) is 15.6. The zero-order valence-electron chi connectivity index (χ0n) is 22.6. The van der Waals surface area contributed by atoms with Crippen molar-refractivity contribution in [1.82, 2.24) is 4.90 Å². The minimum absolute atomic E-state index is 0.0768. The molecule has 1 fully saturated rings. The normalized spacial score (nSPS) is 18.2. The van der Waals surface area contributed by atoms with Gasteiger partial charge in [-0.15, -0.1) is 0 Å². The molecule has 3 atom stereocenters. The number of nitrogens with zero attached hydrogens (tertiary/aromatic N) is 1. The average Bonchev–Trinajstić information content (AvgIpc) is 2.80. The summed E-state index contributed by atoms with van der Waals surface area (Å²) in [6.45, 7) is 15.1. The van der Waals surface area contributed by atoms with Gasteiger partial charge in [-0.2, -0.15) is 0 Å². The third-order valence-corrected chi connectivity index (χ3v) is 7.16. The van der Waals surface area contributed by atoms with Crippen LogP contribution in [0.15, 0.2) is 0 Å². The van der Waals surface area contributed by atoms with Gasteiger partial charge in [0, 0.05) is 25.6 Å².